The summed E-state index contributed by atoms with van der Waals surface area (Å²) >= 11 is 5.91. The van der Waals surface area contributed by atoms with Crippen LogP contribution in [0.5, 0.6) is 0 Å². The summed E-state index contributed by atoms with van der Waals surface area (Å²) in [5, 5.41) is 4.03. The van der Waals surface area contributed by atoms with Gasteiger partial charge in [-0.2, -0.15) is 0 Å². The number of amides is 1. The van der Waals surface area contributed by atoms with E-state index in [0.717, 1.165) is 22.1 Å². The summed E-state index contributed by atoms with van der Waals surface area (Å²) in [5.74, 6) is -0.769. The van der Waals surface area contributed by atoms with Gasteiger partial charge in [-0.05, 0) is 42.7 Å². The Hall–Kier alpha value is -3.12. The lowest BCUT2D eigenvalue weighted by Crippen LogP contribution is -2.28. The molecule has 0 fully saturated rings. The van der Waals surface area contributed by atoms with E-state index in [9.17, 15) is 14.4 Å². The first-order valence-electron chi connectivity index (χ1n) is 9.45. The van der Waals surface area contributed by atoms with Gasteiger partial charge in [0.15, 0.2) is 0 Å². The molecular formula is C23H22ClNO5. The van der Waals surface area contributed by atoms with Crippen LogP contribution in [0.4, 0.5) is 0 Å². The number of hydrogen-bond donors (Lipinski definition) is 1. The van der Waals surface area contributed by atoms with Crippen LogP contribution in [0.25, 0.3) is 11.0 Å². The highest BCUT2D eigenvalue weighted by Gasteiger charge is 2.19. The molecule has 0 saturated heterocycles. The molecule has 1 atom stereocenters. The maximum absolute atomic E-state index is 12.5. The van der Waals surface area contributed by atoms with Gasteiger partial charge in [0.1, 0.15) is 12.2 Å². The Morgan fingerprint density at radius 3 is 2.50 bits per heavy atom. The minimum atomic E-state index is -0.547. The molecule has 0 bridgehead atoms. The Morgan fingerprint density at radius 2 is 1.83 bits per heavy atom. The zero-order chi connectivity index (χ0) is 21.8. The Balaban J connectivity index is 1.77. The molecule has 3 aromatic rings. The molecule has 1 unspecified atom stereocenters. The van der Waals surface area contributed by atoms with Crippen molar-refractivity contribution in [3.05, 3.63) is 80.2 Å². The maximum atomic E-state index is 12.5. The third-order valence-electron chi connectivity index (χ3n) is 4.93. The third-order valence-corrected chi connectivity index (χ3v) is 5.18. The molecule has 1 N–H and O–H groups in total. The van der Waals surface area contributed by atoms with E-state index in [0.29, 0.717) is 16.2 Å². The average Bonchev–Trinajstić information content (AvgIpc) is 2.69. The molecule has 156 valence electrons. The van der Waals surface area contributed by atoms with Gasteiger partial charge in [-0.25, -0.2) is 4.79 Å². The number of nitrogens with one attached hydrogen (secondary N) is 1. The van der Waals surface area contributed by atoms with Crippen molar-refractivity contribution in [2.75, 3.05) is 0 Å². The number of hydrogen-bond acceptors (Lipinski definition) is 5. The molecular weight excluding hydrogens is 406 g/mol. The standard InChI is InChI=1S/C23H22ClNO5/c1-13-4-9-19-17(10-22(28)30-23(19)14(13)2)12-29-21(27)11-20(25-15(3)26)16-5-7-18(24)8-6-16/h4-10,20H,11-12H2,1-3H3,(H,25,26). The van der Waals surface area contributed by atoms with Crippen LogP contribution >= 0.6 is 11.6 Å². The summed E-state index contributed by atoms with van der Waals surface area (Å²) in [6.45, 7) is 5.12. The molecule has 7 heteroatoms. The zero-order valence-corrected chi connectivity index (χ0v) is 17.7. The number of ether oxygens (including phenoxy) is 1. The summed E-state index contributed by atoms with van der Waals surface area (Å²) in [6.07, 6.45) is -0.0568. The smallest absolute Gasteiger partial charge is 0.336 e. The molecule has 1 amide bonds. The number of aryl methyl sites for hydroxylation is 2. The van der Waals surface area contributed by atoms with Crippen molar-refractivity contribution in [1.82, 2.24) is 5.32 Å². The number of carbonyl (C=O) groups is 2. The van der Waals surface area contributed by atoms with Crippen molar-refractivity contribution in [2.24, 2.45) is 0 Å². The van der Waals surface area contributed by atoms with Crippen LogP contribution in [0.15, 0.2) is 51.7 Å². The summed E-state index contributed by atoms with van der Waals surface area (Å²) in [7, 11) is 0. The van der Waals surface area contributed by atoms with E-state index in [1.807, 2.05) is 26.0 Å². The van der Waals surface area contributed by atoms with Gasteiger partial charge in [-0.1, -0.05) is 35.9 Å². The van der Waals surface area contributed by atoms with E-state index < -0.39 is 17.6 Å². The van der Waals surface area contributed by atoms with Gasteiger partial charge in [0.2, 0.25) is 5.91 Å². The van der Waals surface area contributed by atoms with E-state index in [4.69, 9.17) is 20.8 Å². The highest BCUT2D eigenvalue weighted by molar-refractivity contribution is 6.30. The predicted octanol–water partition coefficient (Wildman–Crippen LogP) is 4.37. The summed E-state index contributed by atoms with van der Waals surface area (Å²) < 4.78 is 10.8. The fourth-order valence-corrected chi connectivity index (χ4v) is 3.35. The lowest BCUT2D eigenvalue weighted by molar-refractivity contribution is -0.145. The first-order chi connectivity index (χ1) is 14.2. The molecule has 0 aliphatic rings. The molecule has 0 aliphatic heterocycles. The Labute approximate surface area is 178 Å². The number of esters is 1. The first kappa shape index (κ1) is 21.6. The number of halogens is 1. The molecule has 6 nitrogen and oxygen atoms in total. The number of benzene rings is 2. The molecule has 1 heterocycles. The fourth-order valence-electron chi connectivity index (χ4n) is 3.22. The highest BCUT2D eigenvalue weighted by Crippen LogP contribution is 2.24. The van der Waals surface area contributed by atoms with Crippen molar-refractivity contribution in [3.8, 4) is 0 Å². The quantitative estimate of drug-likeness (QED) is 0.466. The fraction of sp³-hybridized carbons (Fsp3) is 0.261. The second kappa shape index (κ2) is 9.13. The lowest BCUT2D eigenvalue weighted by Gasteiger charge is -2.18. The van der Waals surface area contributed by atoms with Crippen LogP contribution in [0.1, 0.15) is 41.6 Å². The molecule has 0 aliphatic carbocycles. The van der Waals surface area contributed by atoms with Gasteiger partial charge >= 0.3 is 11.6 Å². The van der Waals surface area contributed by atoms with Crippen molar-refractivity contribution in [2.45, 2.75) is 39.8 Å². The van der Waals surface area contributed by atoms with E-state index in [1.165, 1.54) is 13.0 Å². The van der Waals surface area contributed by atoms with Crippen molar-refractivity contribution < 1.29 is 18.7 Å². The van der Waals surface area contributed by atoms with Crippen LogP contribution < -0.4 is 10.9 Å². The van der Waals surface area contributed by atoms with Gasteiger partial charge in [-0.3, -0.25) is 9.59 Å². The van der Waals surface area contributed by atoms with Crippen molar-refractivity contribution in [1.29, 1.82) is 0 Å². The van der Waals surface area contributed by atoms with Gasteiger partial charge in [0.05, 0.1) is 12.5 Å². The van der Waals surface area contributed by atoms with Gasteiger partial charge in [-0.15, -0.1) is 0 Å². The van der Waals surface area contributed by atoms with Crippen LogP contribution in [-0.4, -0.2) is 11.9 Å². The Bertz CT molecular complexity index is 1150. The van der Waals surface area contributed by atoms with E-state index >= 15 is 0 Å². The highest BCUT2D eigenvalue weighted by atomic mass is 35.5. The molecule has 0 saturated carbocycles. The third kappa shape index (κ3) is 5.07. The summed E-state index contributed by atoms with van der Waals surface area (Å²) in [5.41, 5.74) is 3.17. The molecule has 0 radical (unpaired) electrons. The second-order valence-electron chi connectivity index (χ2n) is 7.14. The Morgan fingerprint density at radius 1 is 1.13 bits per heavy atom. The van der Waals surface area contributed by atoms with E-state index in [1.54, 1.807) is 24.3 Å². The van der Waals surface area contributed by atoms with Crippen LogP contribution in [0.3, 0.4) is 0 Å². The SMILES string of the molecule is CC(=O)NC(CC(=O)OCc1cc(=O)oc2c(C)c(C)ccc12)c1ccc(Cl)cc1. The Kier molecular flexibility index (Phi) is 6.57. The zero-order valence-electron chi connectivity index (χ0n) is 17.0. The minimum Gasteiger partial charge on any atom is -0.461 e. The van der Waals surface area contributed by atoms with Gasteiger partial charge in [0, 0.05) is 29.0 Å². The van der Waals surface area contributed by atoms with E-state index in [-0.39, 0.29) is 18.9 Å². The largest absolute Gasteiger partial charge is 0.461 e. The first-order valence-corrected chi connectivity index (χ1v) is 9.83. The van der Waals surface area contributed by atoms with Crippen molar-refractivity contribution >= 4 is 34.4 Å². The second-order valence-corrected chi connectivity index (χ2v) is 7.58. The summed E-state index contributed by atoms with van der Waals surface area (Å²) in [6, 6.07) is 11.4. The van der Waals surface area contributed by atoms with E-state index in [2.05, 4.69) is 5.32 Å². The number of rotatable bonds is 6. The van der Waals surface area contributed by atoms with Crippen LogP contribution in [-0.2, 0) is 20.9 Å². The molecule has 1 aromatic heterocycles. The molecule has 0 spiro atoms. The number of carbonyl (C=O) groups excluding carboxylic acids is 2. The monoisotopic (exact) mass is 427 g/mol. The molecule has 2 aromatic carbocycles. The topological polar surface area (TPSA) is 85.6 Å². The lowest BCUT2D eigenvalue weighted by atomic mass is 10.0. The summed E-state index contributed by atoms with van der Waals surface area (Å²) in [4.78, 5) is 36.0. The average molecular weight is 428 g/mol. The van der Waals surface area contributed by atoms with Crippen LogP contribution in [0, 0.1) is 13.8 Å². The van der Waals surface area contributed by atoms with Gasteiger partial charge < -0.3 is 14.5 Å². The molecule has 30 heavy (non-hydrogen) atoms. The minimum absolute atomic E-state index is 0.0568. The van der Waals surface area contributed by atoms with Crippen LogP contribution in [0.2, 0.25) is 5.02 Å². The normalized spacial score (nSPS) is 11.9. The maximum Gasteiger partial charge on any atom is 0.336 e. The number of fused-ring (bicyclic) bond motifs is 1. The molecule has 3 rings (SSSR count). The predicted molar refractivity (Wildman–Crippen MR) is 114 cm³/mol. The van der Waals surface area contributed by atoms with Crippen molar-refractivity contribution in [3.63, 3.8) is 0 Å². The van der Waals surface area contributed by atoms with Gasteiger partial charge in [0.25, 0.3) is 0 Å².